The molecule has 0 aliphatic rings. The molecule has 0 aliphatic heterocycles. The number of hydrogen-bond donors (Lipinski definition) is 1. The highest BCUT2D eigenvalue weighted by Crippen LogP contribution is 2.37. The van der Waals surface area contributed by atoms with Gasteiger partial charge in [0, 0.05) is 35.0 Å². The van der Waals surface area contributed by atoms with Crippen LogP contribution in [0.15, 0.2) is 73.1 Å². The van der Waals surface area contributed by atoms with Crippen LogP contribution in [0.5, 0.6) is 5.88 Å². The van der Waals surface area contributed by atoms with E-state index in [-0.39, 0.29) is 11.9 Å². The van der Waals surface area contributed by atoms with Gasteiger partial charge < -0.3 is 15.3 Å². The zero-order valence-corrected chi connectivity index (χ0v) is 22.2. The molecule has 0 radical (unpaired) electrons. The van der Waals surface area contributed by atoms with Crippen LogP contribution in [0, 0.1) is 5.21 Å². The maximum atomic E-state index is 12.6. The molecule has 4 rings (SSSR count). The molecule has 2 aromatic heterocycles. The van der Waals surface area contributed by atoms with Crippen molar-refractivity contribution < 1.29 is 22.7 Å². The number of pyridine rings is 2. The Kier molecular flexibility index (Phi) is 6.92. The van der Waals surface area contributed by atoms with Gasteiger partial charge >= 0.3 is 12.0 Å². The zero-order valence-electron chi connectivity index (χ0n) is 21.3. The lowest BCUT2D eigenvalue weighted by atomic mass is 9.92. The number of benzene rings is 2. The molecule has 9 heteroatoms. The van der Waals surface area contributed by atoms with Gasteiger partial charge in [0.1, 0.15) is 0 Å². The number of rotatable bonds is 6. The monoisotopic (exact) mass is 519 g/mol. The molecular formula is C28H29N3O5S. The van der Waals surface area contributed by atoms with Crippen LogP contribution in [0.1, 0.15) is 33.3 Å². The van der Waals surface area contributed by atoms with Crippen LogP contribution in [0.25, 0.3) is 33.2 Å². The number of hydrogen-bond acceptors (Lipinski definition) is 6. The molecule has 0 bridgehead atoms. The van der Waals surface area contributed by atoms with Crippen LogP contribution in [0.4, 0.5) is 4.79 Å². The van der Waals surface area contributed by atoms with E-state index in [4.69, 9.17) is 4.74 Å². The van der Waals surface area contributed by atoms with Gasteiger partial charge in [-0.3, -0.25) is 4.98 Å². The fourth-order valence-corrected chi connectivity index (χ4v) is 4.46. The zero-order chi connectivity index (χ0) is 27.0. The molecule has 0 unspecified atom stereocenters. The van der Waals surface area contributed by atoms with Crippen molar-refractivity contribution in [1.29, 1.82) is 0 Å². The van der Waals surface area contributed by atoms with Crippen LogP contribution >= 0.6 is 0 Å². The molecule has 192 valence electrons. The van der Waals surface area contributed by atoms with E-state index in [1.165, 1.54) is 18.5 Å². The van der Waals surface area contributed by atoms with Crippen molar-refractivity contribution in [1.82, 2.24) is 10.3 Å². The summed E-state index contributed by atoms with van der Waals surface area (Å²) >= 11 is 0. The molecular weight excluding hydrogens is 490 g/mol. The third kappa shape index (κ3) is 5.41. The third-order valence-corrected chi connectivity index (χ3v) is 8.41. The number of aromatic nitrogens is 2. The number of carbonyl (C=O) groups excluding carboxylic acids is 1. The number of carbonyl (C=O) groups is 1. The lowest BCUT2D eigenvalue weighted by molar-refractivity contribution is -0.610. The first-order valence-corrected chi connectivity index (χ1v) is 13.7. The van der Waals surface area contributed by atoms with E-state index in [1.54, 1.807) is 40.0 Å². The van der Waals surface area contributed by atoms with E-state index in [0.717, 1.165) is 27.6 Å². The van der Waals surface area contributed by atoms with Gasteiger partial charge in [-0.1, -0.05) is 24.3 Å². The average molecular weight is 520 g/mol. The van der Waals surface area contributed by atoms with Gasteiger partial charge in [0.2, 0.25) is 0 Å². The molecule has 1 amide bonds. The minimum atomic E-state index is -3.40. The van der Waals surface area contributed by atoms with Crippen molar-refractivity contribution in [3.05, 3.63) is 83.8 Å². The van der Waals surface area contributed by atoms with Crippen LogP contribution in [0.2, 0.25) is 0 Å². The molecule has 0 saturated carbocycles. The number of ether oxygens (including phenoxy) is 1. The van der Waals surface area contributed by atoms with Gasteiger partial charge in [-0.25, -0.2) is 13.2 Å². The first kappa shape index (κ1) is 26.1. The quantitative estimate of drug-likeness (QED) is 0.284. The van der Waals surface area contributed by atoms with E-state index < -0.39 is 20.7 Å². The van der Waals surface area contributed by atoms with E-state index in [9.17, 15) is 18.4 Å². The molecule has 37 heavy (non-hydrogen) atoms. The van der Waals surface area contributed by atoms with E-state index >= 15 is 0 Å². The summed E-state index contributed by atoms with van der Waals surface area (Å²) in [6.45, 7) is 6.97. The van der Waals surface area contributed by atoms with Crippen LogP contribution in [-0.4, -0.2) is 31.8 Å². The lowest BCUT2D eigenvalue weighted by Crippen LogP contribution is -2.37. The highest BCUT2D eigenvalue weighted by molar-refractivity contribution is 7.91. The number of fused-ring (bicyclic) bond motifs is 1. The Morgan fingerprint density at radius 1 is 1.03 bits per heavy atom. The second-order valence-corrected chi connectivity index (χ2v) is 12.3. The van der Waals surface area contributed by atoms with Crippen molar-refractivity contribution >= 4 is 26.8 Å². The fourth-order valence-electron chi connectivity index (χ4n) is 3.92. The normalized spacial score (nSPS) is 12.1. The van der Waals surface area contributed by atoms with E-state index in [0.29, 0.717) is 15.9 Å². The summed E-state index contributed by atoms with van der Waals surface area (Å²) in [5.41, 5.74) is 4.39. The average Bonchev–Trinajstić information content (AvgIpc) is 2.83. The molecule has 1 N–H and O–H groups in total. The van der Waals surface area contributed by atoms with Gasteiger partial charge in [-0.15, -0.1) is 4.73 Å². The fraction of sp³-hybridized carbons (Fsp3) is 0.250. The highest BCUT2D eigenvalue weighted by atomic mass is 32.2. The van der Waals surface area contributed by atoms with Crippen LogP contribution < -0.4 is 14.8 Å². The van der Waals surface area contributed by atoms with Crippen molar-refractivity contribution in [2.45, 2.75) is 38.5 Å². The van der Waals surface area contributed by atoms with Gasteiger partial charge in [-0.05, 0) is 74.7 Å². The number of sulfone groups is 1. The Bertz CT molecular complexity index is 1600. The minimum absolute atomic E-state index is 0.123. The Labute approximate surface area is 216 Å². The summed E-state index contributed by atoms with van der Waals surface area (Å²) in [4.78, 5) is 16.4. The maximum Gasteiger partial charge on any atom is 0.417 e. The second kappa shape index (κ2) is 9.82. The second-order valence-electron chi connectivity index (χ2n) is 9.73. The third-order valence-electron chi connectivity index (χ3n) is 6.32. The predicted octanol–water partition coefficient (Wildman–Crippen LogP) is 4.98. The van der Waals surface area contributed by atoms with Gasteiger partial charge in [0.15, 0.2) is 16.0 Å². The van der Waals surface area contributed by atoms with Gasteiger partial charge in [-0.2, -0.15) is 0 Å². The maximum absolute atomic E-state index is 12.6. The summed E-state index contributed by atoms with van der Waals surface area (Å²) in [5.74, 6) is -0.135. The number of nitrogens with one attached hydrogen (secondary N) is 1. The summed E-state index contributed by atoms with van der Waals surface area (Å²) < 4.78 is 29.7. The topological polar surface area (TPSA) is 112 Å². The summed E-state index contributed by atoms with van der Waals surface area (Å²) in [7, 11) is -3.40. The SMILES string of the molecule is CC(C)NC(=O)Oc1ccc(-c2cccc(-c3cc(C(C)(C)S(C)(=O)=O)cc4cccnc34)c2)c[n+]1[O-]. The Morgan fingerprint density at radius 2 is 1.76 bits per heavy atom. The molecule has 2 aromatic carbocycles. The molecule has 0 aliphatic carbocycles. The Hall–Kier alpha value is -3.98. The lowest BCUT2D eigenvalue weighted by Gasteiger charge is -2.24. The summed E-state index contributed by atoms with van der Waals surface area (Å²) in [6, 6.07) is 18.1. The van der Waals surface area contributed by atoms with Crippen molar-refractivity contribution in [2.75, 3.05) is 6.26 Å². The number of amides is 1. The molecule has 0 fully saturated rings. The summed E-state index contributed by atoms with van der Waals surface area (Å²) in [6.07, 6.45) is 3.58. The molecule has 8 nitrogen and oxygen atoms in total. The molecule has 0 spiro atoms. The molecule has 2 heterocycles. The predicted molar refractivity (Wildman–Crippen MR) is 144 cm³/mol. The van der Waals surface area contributed by atoms with E-state index in [1.807, 2.05) is 48.5 Å². The smallest absolute Gasteiger partial charge is 0.417 e. The van der Waals surface area contributed by atoms with Crippen LogP contribution in [-0.2, 0) is 14.6 Å². The minimum Gasteiger partial charge on any atom is -0.616 e. The molecule has 0 atom stereocenters. The van der Waals surface area contributed by atoms with Crippen LogP contribution in [0.3, 0.4) is 0 Å². The number of nitrogens with zero attached hydrogens (tertiary/aromatic N) is 2. The van der Waals surface area contributed by atoms with Gasteiger partial charge in [0.25, 0.3) is 0 Å². The van der Waals surface area contributed by atoms with Crippen molar-refractivity contribution in [3.63, 3.8) is 0 Å². The molecule has 4 aromatic rings. The standard InChI is InChI=1S/C28H29N3O5S/c1-18(2)30-27(32)36-25-12-11-22(17-31(25)33)19-8-6-9-20(14-19)24-16-23(28(3,4)37(5,34)35)15-21-10-7-13-29-26(21)24/h6-18H,1-5H3,(H,30,32). The van der Waals surface area contributed by atoms with Crippen molar-refractivity contribution in [3.8, 4) is 28.1 Å². The first-order chi connectivity index (χ1) is 17.4. The first-order valence-electron chi connectivity index (χ1n) is 11.8. The largest absolute Gasteiger partial charge is 0.616 e. The van der Waals surface area contributed by atoms with Crippen molar-refractivity contribution in [2.24, 2.45) is 0 Å². The summed E-state index contributed by atoms with van der Waals surface area (Å²) in [5, 5.41) is 16.0. The Balaban J connectivity index is 1.78. The molecule has 0 saturated heterocycles. The van der Waals surface area contributed by atoms with E-state index in [2.05, 4.69) is 10.3 Å². The highest BCUT2D eigenvalue weighted by Gasteiger charge is 2.33. The van der Waals surface area contributed by atoms with Gasteiger partial charge in [0.05, 0.1) is 16.3 Å². The Morgan fingerprint density at radius 3 is 2.43 bits per heavy atom.